The smallest absolute Gasteiger partial charge is 0.342 e. The first kappa shape index (κ1) is 11.6. The average molecular weight is 259 g/mol. The van der Waals surface area contributed by atoms with Crippen LogP contribution in [0.4, 0.5) is 4.39 Å². The second-order valence-corrected chi connectivity index (χ2v) is 4.01. The van der Waals surface area contributed by atoms with Crippen molar-refractivity contribution in [3.05, 3.63) is 42.0 Å². The maximum atomic E-state index is 13.3. The maximum absolute atomic E-state index is 13.3. The number of aromatic nitrogens is 3. The first-order valence-corrected chi connectivity index (χ1v) is 5.80. The quantitative estimate of drug-likeness (QED) is 0.662. The van der Waals surface area contributed by atoms with Crippen molar-refractivity contribution in [3.8, 4) is 0 Å². The van der Waals surface area contributed by atoms with Crippen LogP contribution in [-0.4, -0.2) is 27.2 Å². The van der Waals surface area contributed by atoms with Gasteiger partial charge in [0.25, 0.3) is 0 Å². The summed E-state index contributed by atoms with van der Waals surface area (Å²) < 4.78 is 19.9. The molecule has 5 nitrogen and oxygen atoms in total. The topological polar surface area (TPSA) is 56.5 Å². The molecule has 0 aliphatic rings. The Kier molecular flexibility index (Phi) is 2.63. The van der Waals surface area contributed by atoms with Crippen LogP contribution in [0.15, 0.2) is 30.6 Å². The summed E-state index contributed by atoms with van der Waals surface area (Å²) in [5, 5.41) is 8.38. The Bertz CT molecular complexity index is 782. The Morgan fingerprint density at radius 3 is 3.05 bits per heavy atom. The van der Waals surface area contributed by atoms with Gasteiger partial charge >= 0.3 is 5.97 Å². The third-order valence-corrected chi connectivity index (χ3v) is 2.84. The number of esters is 1. The molecule has 2 heterocycles. The summed E-state index contributed by atoms with van der Waals surface area (Å²) in [6, 6.07) is 5.96. The largest absolute Gasteiger partial charge is 0.462 e. The maximum Gasteiger partial charge on any atom is 0.342 e. The molecule has 0 bridgehead atoms. The third-order valence-electron chi connectivity index (χ3n) is 2.84. The molecular formula is C13H10FN3O2. The van der Waals surface area contributed by atoms with Crippen molar-refractivity contribution in [1.29, 1.82) is 0 Å². The lowest BCUT2D eigenvalue weighted by atomic mass is 10.1. The van der Waals surface area contributed by atoms with Gasteiger partial charge in [0.2, 0.25) is 0 Å². The second-order valence-electron chi connectivity index (χ2n) is 4.01. The highest BCUT2D eigenvalue weighted by molar-refractivity contribution is 6.00. The van der Waals surface area contributed by atoms with Crippen LogP contribution < -0.4 is 0 Å². The molecule has 6 heteroatoms. The monoisotopic (exact) mass is 259 g/mol. The fourth-order valence-electron chi connectivity index (χ4n) is 2.02. The van der Waals surface area contributed by atoms with E-state index in [0.717, 1.165) is 5.39 Å². The van der Waals surface area contributed by atoms with E-state index >= 15 is 0 Å². The predicted molar refractivity (Wildman–Crippen MR) is 66.4 cm³/mol. The molecule has 0 radical (unpaired) electrons. The molecule has 0 aliphatic heterocycles. The van der Waals surface area contributed by atoms with E-state index < -0.39 is 5.97 Å². The molecule has 0 fully saturated rings. The summed E-state index contributed by atoms with van der Waals surface area (Å²) in [6.07, 6.45) is 1.44. The number of pyridine rings is 1. The Labute approximate surface area is 107 Å². The van der Waals surface area contributed by atoms with E-state index in [1.807, 2.05) is 0 Å². The number of benzene rings is 1. The number of halogens is 1. The van der Waals surface area contributed by atoms with E-state index in [9.17, 15) is 9.18 Å². The Morgan fingerprint density at radius 2 is 2.26 bits per heavy atom. The van der Waals surface area contributed by atoms with Gasteiger partial charge in [0.1, 0.15) is 17.7 Å². The SMILES string of the molecule is CCOC(=O)c1cc2ccc(F)cc2n2cnnc12. The third kappa shape index (κ3) is 1.81. The summed E-state index contributed by atoms with van der Waals surface area (Å²) in [5.74, 6) is -0.821. The fraction of sp³-hybridized carbons (Fsp3) is 0.154. The highest BCUT2D eigenvalue weighted by Gasteiger charge is 2.16. The molecular weight excluding hydrogens is 249 g/mol. The molecule has 2 aromatic heterocycles. The van der Waals surface area contributed by atoms with Crippen molar-refractivity contribution >= 4 is 22.5 Å². The average Bonchev–Trinajstić information content (AvgIpc) is 2.87. The molecule has 1 aromatic carbocycles. The van der Waals surface area contributed by atoms with Gasteiger partial charge in [-0.05, 0) is 36.6 Å². The molecule has 0 unspecified atom stereocenters. The number of ether oxygens (including phenoxy) is 1. The lowest BCUT2D eigenvalue weighted by Crippen LogP contribution is -2.07. The van der Waals surface area contributed by atoms with E-state index in [1.165, 1.54) is 18.5 Å². The van der Waals surface area contributed by atoms with Gasteiger partial charge in [0, 0.05) is 0 Å². The standard InChI is InChI=1S/C13H10FN3O2/c1-2-19-13(18)10-5-8-3-4-9(14)6-11(8)17-7-15-16-12(10)17/h3-7H,2H2,1H3. The van der Waals surface area contributed by atoms with E-state index in [-0.39, 0.29) is 12.4 Å². The van der Waals surface area contributed by atoms with E-state index in [1.54, 1.807) is 23.5 Å². The molecule has 0 N–H and O–H groups in total. The molecule has 0 amide bonds. The summed E-state index contributed by atoms with van der Waals surface area (Å²) >= 11 is 0. The number of fused-ring (bicyclic) bond motifs is 3. The number of carbonyl (C=O) groups excluding carboxylic acids is 1. The Morgan fingerprint density at radius 1 is 1.42 bits per heavy atom. The number of carbonyl (C=O) groups is 1. The van der Waals surface area contributed by atoms with Gasteiger partial charge in [-0.2, -0.15) is 0 Å². The number of nitrogens with zero attached hydrogens (tertiary/aromatic N) is 3. The van der Waals surface area contributed by atoms with Crippen LogP contribution in [0.1, 0.15) is 17.3 Å². The lowest BCUT2D eigenvalue weighted by Gasteiger charge is -2.06. The molecule has 3 rings (SSSR count). The van der Waals surface area contributed by atoms with Gasteiger partial charge < -0.3 is 4.74 Å². The molecule has 0 saturated carbocycles. The van der Waals surface area contributed by atoms with Crippen LogP contribution >= 0.6 is 0 Å². The highest BCUT2D eigenvalue weighted by Crippen LogP contribution is 2.21. The predicted octanol–water partition coefficient (Wildman–Crippen LogP) is 2.20. The van der Waals surface area contributed by atoms with Crippen molar-refractivity contribution in [3.63, 3.8) is 0 Å². The van der Waals surface area contributed by atoms with Crippen LogP contribution in [0.25, 0.3) is 16.6 Å². The molecule has 0 aliphatic carbocycles. The fourth-order valence-corrected chi connectivity index (χ4v) is 2.02. The molecule has 96 valence electrons. The zero-order valence-corrected chi connectivity index (χ0v) is 10.1. The van der Waals surface area contributed by atoms with Gasteiger partial charge in [0.05, 0.1) is 12.1 Å². The van der Waals surface area contributed by atoms with Gasteiger partial charge in [-0.15, -0.1) is 10.2 Å². The van der Waals surface area contributed by atoms with Gasteiger partial charge in [-0.3, -0.25) is 4.40 Å². The van der Waals surface area contributed by atoms with Crippen molar-refractivity contribution in [1.82, 2.24) is 14.6 Å². The Hall–Kier alpha value is -2.50. The van der Waals surface area contributed by atoms with E-state index in [0.29, 0.717) is 16.7 Å². The molecule has 0 atom stereocenters. The van der Waals surface area contributed by atoms with Crippen LogP contribution in [0.2, 0.25) is 0 Å². The number of hydrogen-bond donors (Lipinski definition) is 0. The van der Waals surface area contributed by atoms with Crippen LogP contribution in [0.5, 0.6) is 0 Å². The summed E-state index contributed by atoms with van der Waals surface area (Å²) in [5.41, 5.74) is 1.28. The van der Waals surface area contributed by atoms with Crippen molar-refractivity contribution in [2.24, 2.45) is 0 Å². The normalized spacial score (nSPS) is 11.1. The molecule has 19 heavy (non-hydrogen) atoms. The van der Waals surface area contributed by atoms with Crippen molar-refractivity contribution in [2.45, 2.75) is 6.92 Å². The highest BCUT2D eigenvalue weighted by atomic mass is 19.1. The first-order valence-electron chi connectivity index (χ1n) is 5.80. The van der Waals surface area contributed by atoms with Crippen LogP contribution in [0.3, 0.4) is 0 Å². The zero-order chi connectivity index (χ0) is 13.4. The van der Waals surface area contributed by atoms with Gasteiger partial charge in [-0.1, -0.05) is 0 Å². The Balaban J connectivity index is 2.35. The zero-order valence-electron chi connectivity index (χ0n) is 10.1. The first-order chi connectivity index (χ1) is 9.20. The van der Waals surface area contributed by atoms with Gasteiger partial charge in [-0.25, -0.2) is 9.18 Å². The second kappa shape index (κ2) is 4.31. The number of hydrogen-bond acceptors (Lipinski definition) is 4. The van der Waals surface area contributed by atoms with E-state index in [2.05, 4.69) is 10.2 Å². The minimum atomic E-state index is -0.466. The summed E-state index contributed by atoms with van der Waals surface area (Å²) in [7, 11) is 0. The van der Waals surface area contributed by atoms with Crippen molar-refractivity contribution in [2.75, 3.05) is 6.61 Å². The molecule has 0 spiro atoms. The minimum absolute atomic E-state index is 0.278. The van der Waals surface area contributed by atoms with E-state index in [4.69, 9.17) is 4.74 Å². The van der Waals surface area contributed by atoms with Crippen LogP contribution in [-0.2, 0) is 4.74 Å². The van der Waals surface area contributed by atoms with Gasteiger partial charge in [0.15, 0.2) is 5.65 Å². The van der Waals surface area contributed by atoms with Crippen molar-refractivity contribution < 1.29 is 13.9 Å². The summed E-state index contributed by atoms with van der Waals surface area (Å²) in [4.78, 5) is 11.9. The minimum Gasteiger partial charge on any atom is -0.462 e. The number of rotatable bonds is 2. The molecule has 0 saturated heterocycles. The lowest BCUT2D eigenvalue weighted by molar-refractivity contribution is 0.0528. The summed E-state index contributed by atoms with van der Waals surface area (Å²) in [6.45, 7) is 2.01. The molecule has 3 aromatic rings. The van der Waals surface area contributed by atoms with Crippen LogP contribution in [0, 0.1) is 5.82 Å².